The molecule has 2 rings (SSSR count). The third-order valence-corrected chi connectivity index (χ3v) is 5.43. The summed E-state index contributed by atoms with van der Waals surface area (Å²) in [6.07, 6.45) is 7.67. The minimum absolute atomic E-state index is 0.388. The van der Waals surface area contributed by atoms with Crippen LogP contribution >= 0.6 is 0 Å². The maximum absolute atomic E-state index is 5.96. The minimum atomic E-state index is 0.388. The first-order chi connectivity index (χ1) is 12.7. The molecule has 0 aliphatic carbocycles. The number of nitrogens with one attached hydrogen (secondary N) is 1. The van der Waals surface area contributed by atoms with E-state index in [0.717, 1.165) is 58.1 Å². The predicted octanol–water partition coefficient (Wildman–Crippen LogP) is 2.20. The molecule has 6 nitrogen and oxygen atoms in total. The number of hydrogen-bond donors (Lipinski definition) is 1. The number of ether oxygens (including phenoxy) is 2. The van der Waals surface area contributed by atoms with Gasteiger partial charge in [-0.1, -0.05) is 13.3 Å². The van der Waals surface area contributed by atoms with E-state index in [1.54, 1.807) is 7.11 Å². The molecule has 2 heterocycles. The van der Waals surface area contributed by atoms with E-state index >= 15 is 0 Å². The lowest BCUT2D eigenvalue weighted by molar-refractivity contribution is 0.00987. The molecule has 0 aromatic heterocycles. The number of aliphatic imine (C=N–C) groups is 1. The fraction of sp³-hybridized carbons (Fsp3) is 0.950. The highest BCUT2D eigenvalue weighted by molar-refractivity contribution is 5.79. The summed E-state index contributed by atoms with van der Waals surface area (Å²) in [6.45, 7) is 10.7. The van der Waals surface area contributed by atoms with Crippen LogP contribution in [0.1, 0.15) is 45.4 Å². The van der Waals surface area contributed by atoms with Crippen LogP contribution in [0.3, 0.4) is 0 Å². The van der Waals surface area contributed by atoms with Crippen molar-refractivity contribution in [2.75, 3.05) is 66.6 Å². The van der Waals surface area contributed by atoms with Crippen LogP contribution < -0.4 is 5.32 Å². The Balaban J connectivity index is 1.62. The molecular formula is C20H40N4O2. The maximum atomic E-state index is 5.96. The van der Waals surface area contributed by atoms with Crippen molar-refractivity contribution in [3.63, 3.8) is 0 Å². The largest absolute Gasteiger partial charge is 0.385 e. The van der Waals surface area contributed by atoms with Crippen molar-refractivity contribution in [3.8, 4) is 0 Å². The summed E-state index contributed by atoms with van der Waals surface area (Å²) in [6, 6.07) is 0. The number of rotatable bonds is 9. The van der Waals surface area contributed by atoms with Crippen LogP contribution in [0.5, 0.6) is 0 Å². The van der Waals surface area contributed by atoms with Gasteiger partial charge in [-0.25, -0.2) is 0 Å². The van der Waals surface area contributed by atoms with Gasteiger partial charge in [0.25, 0.3) is 0 Å². The number of methoxy groups -OCH3 is 1. The van der Waals surface area contributed by atoms with Gasteiger partial charge in [0.2, 0.25) is 0 Å². The molecule has 26 heavy (non-hydrogen) atoms. The number of hydrogen-bond acceptors (Lipinski definition) is 4. The lowest BCUT2D eigenvalue weighted by atomic mass is 10.1. The van der Waals surface area contributed by atoms with E-state index in [-0.39, 0.29) is 0 Å². The summed E-state index contributed by atoms with van der Waals surface area (Å²) >= 11 is 0. The summed E-state index contributed by atoms with van der Waals surface area (Å²) in [4.78, 5) is 9.50. The van der Waals surface area contributed by atoms with Crippen LogP contribution in [0.4, 0.5) is 0 Å². The summed E-state index contributed by atoms with van der Waals surface area (Å²) in [5.74, 6) is 1.69. The van der Waals surface area contributed by atoms with Crippen molar-refractivity contribution in [1.29, 1.82) is 0 Å². The van der Waals surface area contributed by atoms with Gasteiger partial charge in [-0.3, -0.25) is 4.99 Å². The molecule has 1 unspecified atom stereocenters. The maximum Gasteiger partial charge on any atom is 0.193 e. The Morgan fingerprint density at radius 3 is 2.50 bits per heavy atom. The zero-order chi connectivity index (χ0) is 18.6. The molecule has 6 heteroatoms. The van der Waals surface area contributed by atoms with E-state index in [9.17, 15) is 0 Å². The molecule has 0 aromatic carbocycles. The first-order valence-electron chi connectivity index (χ1n) is 10.5. The number of piperidine rings is 2. The SMILES string of the molecule is CN=C(NCC(C)CN1CCCCC1)N1CCC(OCCCOC)CC1. The average Bonchev–Trinajstić information content (AvgIpc) is 2.67. The van der Waals surface area contributed by atoms with Gasteiger partial charge in [-0.15, -0.1) is 0 Å². The van der Waals surface area contributed by atoms with E-state index in [1.165, 1.54) is 38.9 Å². The fourth-order valence-corrected chi connectivity index (χ4v) is 3.93. The molecule has 1 N–H and O–H groups in total. The van der Waals surface area contributed by atoms with Gasteiger partial charge in [-0.05, 0) is 51.1 Å². The van der Waals surface area contributed by atoms with Gasteiger partial charge < -0.3 is 24.6 Å². The highest BCUT2D eigenvalue weighted by Crippen LogP contribution is 2.15. The van der Waals surface area contributed by atoms with E-state index in [0.29, 0.717) is 12.0 Å². The fourth-order valence-electron chi connectivity index (χ4n) is 3.93. The zero-order valence-corrected chi connectivity index (χ0v) is 17.2. The first-order valence-corrected chi connectivity index (χ1v) is 10.5. The third-order valence-electron chi connectivity index (χ3n) is 5.43. The van der Waals surface area contributed by atoms with E-state index in [4.69, 9.17) is 9.47 Å². The Bertz CT molecular complexity index is 391. The van der Waals surface area contributed by atoms with Crippen LogP contribution in [0.25, 0.3) is 0 Å². The Kier molecular flexibility index (Phi) is 10.3. The third kappa shape index (κ3) is 7.80. The Morgan fingerprint density at radius 1 is 1.12 bits per heavy atom. The second kappa shape index (κ2) is 12.5. The summed E-state index contributed by atoms with van der Waals surface area (Å²) in [7, 11) is 3.63. The predicted molar refractivity (Wildman–Crippen MR) is 108 cm³/mol. The summed E-state index contributed by atoms with van der Waals surface area (Å²) in [5, 5.41) is 3.60. The van der Waals surface area contributed by atoms with Gasteiger partial charge in [0.05, 0.1) is 6.10 Å². The van der Waals surface area contributed by atoms with Crippen molar-refractivity contribution in [2.45, 2.75) is 51.6 Å². The monoisotopic (exact) mass is 368 g/mol. The molecule has 1 atom stereocenters. The number of likely N-dealkylation sites (tertiary alicyclic amines) is 2. The molecule has 0 radical (unpaired) electrons. The number of nitrogens with zero attached hydrogens (tertiary/aromatic N) is 3. The smallest absolute Gasteiger partial charge is 0.193 e. The van der Waals surface area contributed by atoms with Crippen LogP contribution in [0, 0.1) is 5.92 Å². The molecule has 0 aromatic rings. The topological polar surface area (TPSA) is 49.3 Å². The minimum Gasteiger partial charge on any atom is -0.385 e. The molecule has 0 bridgehead atoms. The molecule has 2 saturated heterocycles. The standard InChI is InChI=1S/C20H40N4O2/c1-18(17-23-10-5-4-6-11-23)16-22-20(21-2)24-12-8-19(9-13-24)26-15-7-14-25-3/h18-19H,4-17H2,1-3H3,(H,21,22). The highest BCUT2D eigenvalue weighted by atomic mass is 16.5. The Hall–Kier alpha value is -0.850. The molecular weight excluding hydrogens is 328 g/mol. The van der Waals surface area contributed by atoms with Gasteiger partial charge >= 0.3 is 0 Å². The molecule has 2 fully saturated rings. The van der Waals surface area contributed by atoms with Crippen LogP contribution in [0.2, 0.25) is 0 Å². The molecule has 2 aliphatic rings. The molecule has 0 amide bonds. The zero-order valence-electron chi connectivity index (χ0n) is 17.2. The Morgan fingerprint density at radius 2 is 1.85 bits per heavy atom. The van der Waals surface area contributed by atoms with Gasteiger partial charge in [0.1, 0.15) is 0 Å². The average molecular weight is 369 g/mol. The molecule has 152 valence electrons. The Labute approximate surface area is 160 Å². The second-order valence-corrected chi connectivity index (χ2v) is 7.80. The lowest BCUT2D eigenvalue weighted by Gasteiger charge is -2.35. The van der Waals surface area contributed by atoms with Crippen molar-refractivity contribution in [2.24, 2.45) is 10.9 Å². The second-order valence-electron chi connectivity index (χ2n) is 7.80. The van der Waals surface area contributed by atoms with Crippen LogP contribution in [-0.4, -0.2) is 88.5 Å². The number of guanidine groups is 1. The normalized spacial score (nSPS) is 21.8. The van der Waals surface area contributed by atoms with Gasteiger partial charge in [0, 0.05) is 53.6 Å². The van der Waals surface area contributed by atoms with Gasteiger partial charge in [-0.2, -0.15) is 0 Å². The summed E-state index contributed by atoms with van der Waals surface area (Å²) in [5.41, 5.74) is 0. The van der Waals surface area contributed by atoms with E-state index in [1.807, 2.05) is 7.05 Å². The van der Waals surface area contributed by atoms with Gasteiger partial charge in [0.15, 0.2) is 5.96 Å². The van der Waals surface area contributed by atoms with Crippen molar-refractivity contribution >= 4 is 5.96 Å². The van der Waals surface area contributed by atoms with Crippen molar-refractivity contribution in [3.05, 3.63) is 0 Å². The molecule has 0 spiro atoms. The van der Waals surface area contributed by atoms with E-state index in [2.05, 4.69) is 27.0 Å². The van der Waals surface area contributed by atoms with Crippen LogP contribution in [0.15, 0.2) is 4.99 Å². The van der Waals surface area contributed by atoms with Crippen molar-refractivity contribution in [1.82, 2.24) is 15.1 Å². The first kappa shape index (κ1) is 21.5. The van der Waals surface area contributed by atoms with Crippen LogP contribution in [-0.2, 0) is 9.47 Å². The quantitative estimate of drug-likeness (QED) is 0.384. The molecule has 0 saturated carbocycles. The molecule has 2 aliphatic heterocycles. The van der Waals surface area contributed by atoms with E-state index < -0.39 is 0 Å². The highest BCUT2D eigenvalue weighted by Gasteiger charge is 2.22. The van der Waals surface area contributed by atoms with Crippen molar-refractivity contribution < 1.29 is 9.47 Å². The lowest BCUT2D eigenvalue weighted by Crippen LogP contribution is -2.48. The summed E-state index contributed by atoms with van der Waals surface area (Å²) < 4.78 is 11.0.